The lowest BCUT2D eigenvalue weighted by Gasteiger charge is -2.46. The van der Waals surface area contributed by atoms with E-state index >= 15 is 0 Å². The van der Waals surface area contributed by atoms with Gasteiger partial charge in [-0.05, 0) is 34.7 Å². The Kier molecular flexibility index (Phi) is 5.24. The first kappa shape index (κ1) is 19.5. The second-order valence-corrected chi connectivity index (χ2v) is 7.36. The molecule has 0 aliphatic carbocycles. The Hall–Kier alpha value is -1.84. The number of rotatable bonds is 4. The molecule has 5 atom stereocenters. The third kappa shape index (κ3) is 3.15. The summed E-state index contributed by atoms with van der Waals surface area (Å²) in [5.74, 6) is -1.63. The van der Waals surface area contributed by atoms with Crippen molar-refractivity contribution in [2.24, 2.45) is 0 Å². The van der Waals surface area contributed by atoms with Crippen molar-refractivity contribution in [1.29, 1.82) is 0 Å². The Labute approximate surface area is 162 Å². The second kappa shape index (κ2) is 7.53. The fraction of sp³-hybridized carbons (Fsp3) is 0.429. The van der Waals surface area contributed by atoms with Crippen molar-refractivity contribution >= 4 is 0 Å². The van der Waals surface area contributed by atoms with Gasteiger partial charge in [-0.1, -0.05) is 36.4 Å². The molecule has 7 nitrogen and oxygen atoms in total. The van der Waals surface area contributed by atoms with E-state index in [4.69, 9.17) is 14.6 Å². The molecule has 2 heterocycles. The minimum absolute atomic E-state index is 0.00554. The number of ether oxygens (including phenoxy) is 2. The summed E-state index contributed by atoms with van der Waals surface area (Å²) in [6.07, 6.45) is -4.86. The van der Waals surface area contributed by atoms with Gasteiger partial charge in [-0.25, -0.2) is 0 Å². The Bertz CT molecular complexity index is 835. The molecule has 2 aromatic rings. The second-order valence-electron chi connectivity index (χ2n) is 7.36. The van der Waals surface area contributed by atoms with Crippen LogP contribution < -0.4 is 0 Å². The van der Waals surface area contributed by atoms with Gasteiger partial charge in [0.05, 0.1) is 19.8 Å². The summed E-state index contributed by atoms with van der Waals surface area (Å²) in [5, 5.41) is 49.6. The maximum Gasteiger partial charge on any atom is 0.225 e. The first-order valence-electron chi connectivity index (χ1n) is 9.26. The van der Waals surface area contributed by atoms with E-state index in [9.17, 15) is 20.4 Å². The van der Waals surface area contributed by atoms with Crippen LogP contribution in [0, 0.1) is 0 Å². The lowest BCUT2D eigenvalue weighted by Crippen LogP contribution is -2.63. The summed E-state index contributed by atoms with van der Waals surface area (Å²) in [6.45, 7) is -0.324. The van der Waals surface area contributed by atoms with E-state index in [1.807, 2.05) is 42.5 Å². The van der Waals surface area contributed by atoms with Crippen LogP contribution in [0.4, 0.5) is 0 Å². The monoisotopic (exact) mass is 388 g/mol. The molecule has 0 bridgehead atoms. The molecule has 2 aliphatic rings. The zero-order chi connectivity index (χ0) is 19.9. The van der Waals surface area contributed by atoms with Crippen LogP contribution in [-0.4, -0.2) is 56.6 Å². The van der Waals surface area contributed by atoms with Gasteiger partial charge in [0.15, 0.2) is 0 Å². The van der Waals surface area contributed by atoms with Gasteiger partial charge in [0.1, 0.15) is 24.4 Å². The normalized spacial score (nSPS) is 31.9. The van der Waals surface area contributed by atoms with Crippen molar-refractivity contribution in [3.63, 3.8) is 0 Å². The number of hydrogen-bond donors (Lipinski definition) is 5. The molecule has 28 heavy (non-hydrogen) atoms. The van der Waals surface area contributed by atoms with Crippen LogP contribution in [-0.2, 0) is 34.9 Å². The van der Waals surface area contributed by atoms with Gasteiger partial charge in [-0.2, -0.15) is 0 Å². The fourth-order valence-electron chi connectivity index (χ4n) is 3.93. The van der Waals surface area contributed by atoms with E-state index in [0.29, 0.717) is 12.0 Å². The molecule has 0 aromatic heterocycles. The van der Waals surface area contributed by atoms with E-state index in [1.165, 1.54) is 0 Å². The molecule has 7 heteroatoms. The van der Waals surface area contributed by atoms with E-state index in [1.54, 1.807) is 0 Å². The zero-order valence-corrected chi connectivity index (χ0v) is 15.2. The molecule has 2 aromatic carbocycles. The molecule has 4 rings (SSSR count). The van der Waals surface area contributed by atoms with Gasteiger partial charge in [-0.15, -0.1) is 0 Å². The molecule has 2 aliphatic heterocycles. The van der Waals surface area contributed by atoms with E-state index in [0.717, 1.165) is 22.3 Å². The highest BCUT2D eigenvalue weighted by Crippen LogP contribution is 2.46. The van der Waals surface area contributed by atoms with Crippen LogP contribution in [0.25, 0.3) is 0 Å². The summed E-state index contributed by atoms with van der Waals surface area (Å²) < 4.78 is 11.5. The van der Waals surface area contributed by atoms with Crippen LogP contribution in [0.15, 0.2) is 42.5 Å². The van der Waals surface area contributed by atoms with Crippen LogP contribution in [0.5, 0.6) is 0 Å². The Morgan fingerprint density at radius 2 is 1.57 bits per heavy atom. The van der Waals surface area contributed by atoms with E-state index in [-0.39, 0.29) is 13.2 Å². The van der Waals surface area contributed by atoms with E-state index in [2.05, 4.69) is 0 Å². The van der Waals surface area contributed by atoms with Crippen molar-refractivity contribution in [2.75, 3.05) is 6.61 Å². The summed E-state index contributed by atoms with van der Waals surface area (Å²) in [5.41, 5.74) is 4.26. The highest BCUT2D eigenvalue weighted by atomic mass is 16.7. The molecule has 0 amide bonds. The zero-order valence-electron chi connectivity index (χ0n) is 15.2. The summed E-state index contributed by atoms with van der Waals surface area (Å²) >= 11 is 0. The van der Waals surface area contributed by atoms with Crippen LogP contribution in [0.3, 0.4) is 0 Å². The molecule has 0 radical (unpaired) electrons. The van der Waals surface area contributed by atoms with E-state index < -0.39 is 36.8 Å². The molecule has 1 unspecified atom stereocenters. The molecule has 150 valence electrons. The molecule has 1 fully saturated rings. The average molecular weight is 388 g/mol. The molecular weight excluding hydrogens is 364 g/mol. The predicted octanol–water partition coefficient (Wildman–Crippen LogP) is -0.0735. The standard InChI is InChI=1S/C21H24O7/c22-9-13-3-1-12(2-4-13)7-14-5-6-15-11-27-21(16(15)8-14)20(26)19(25)18(24)17(10-23)28-21/h1-6,8,17-20,22-26H,7,9-11H2/t17-,18-,19+,20-,21?/m1/s1. The number of hydrogen-bond acceptors (Lipinski definition) is 7. The SMILES string of the molecule is OCc1ccc(Cc2ccc3c(c2)C2(OC3)O[C@H](CO)[C@@H](O)[C@H](O)[C@H]2O)cc1. The minimum Gasteiger partial charge on any atom is -0.394 e. The summed E-state index contributed by atoms with van der Waals surface area (Å²) in [7, 11) is 0. The lowest BCUT2D eigenvalue weighted by molar-refractivity contribution is -0.368. The van der Waals surface area contributed by atoms with Crippen molar-refractivity contribution in [1.82, 2.24) is 0 Å². The Balaban J connectivity index is 1.66. The lowest BCUT2D eigenvalue weighted by atomic mass is 9.86. The third-order valence-corrected chi connectivity index (χ3v) is 5.56. The largest absolute Gasteiger partial charge is 0.394 e. The van der Waals surface area contributed by atoms with Crippen molar-refractivity contribution < 1.29 is 35.0 Å². The number of aliphatic hydroxyl groups is 5. The van der Waals surface area contributed by atoms with Crippen molar-refractivity contribution in [3.8, 4) is 0 Å². The number of fused-ring (bicyclic) bond motifs is 2. The molecular formula is C21H24O7. The smallest absolute Gasteiger partial charge is 0.225 e. The Morgan fingerprint density at radius 1 is 0.893 bits per heavy atom. The summed E-state index contributed by atoms with van der Waals surface area (Å²) in [4.78, 5) is 0. The summed E-state index contributed by atoms with van der Waals surface area (Å²) in [6, 6.07) is 13.3. The van der Waals surface area contributed by atoms with Gasteiger partial charge in [0.25, 0.3) is 0 Å². The van der Waals surface area contributed by atoms with Gasteiger partial charge in [0.2, 0.25) is 5.79 Å². The number of benzene rings is 2. The minimum atomic E-state index is -1.63. The molecule has 0 saturated carbocycles. The topological polar surface area (TPSA) is 120 Å². The fourth-order valence-corrected chi connectivity index (χ4v) is 3.93. The predicted molar refractivity (Wildman–Crippen MR) is 98.1 cm³/mol. The number of aliphatic hydroxyl groups excluding tert-OH is 5. The van der Waals surface area contributed by atoms with Crippen LogP contribution in [0.2, 0.25) is 0 Å². The van der Waals surface area contributed by atoms with Gasteiger partial charge in [0, 0.05) is 5.56 Å². The highest BCUT2D eigenvalue weighted by molar-refractivity contribution is 5.41. The first-order valence-corrected chi connectivity index (χ1v) is 9.26. The van der Waals surface area contributed by atoms with Crippen molar-refractivity contribution in [2.45, 2.75) is 49.8 Å². The van der Waals surface area contributed by atoms with Gasteiger partial charge >= 0.3 is 0 Å². The Morgan fingerprint density at radius 3 is 2.25 bits per heavy atom. The quantitative estimate of drug-likeness (QED) is 0.497. The molecule has 1 saturated heterocycles. The first-order chi connectivity index (χ1) is 13.5. The van der Waals surface area contributed by atoms with Gasteiger partial charge in [-0.3, -0.25) is 0 Å². The van der Waals surface area contributed by atoms with Crippen molar-refractivity contribution in [3.05, 3.63) is 70.3 Å². The van der Waals surface area contributed by atoms with Crippen LogP contribution in [0.1, 0.15) is 27.8 Å². The molecule has 5 N–H and O–H groups in total. The van der Waals surface area contributed by atoms with Crippen LogP contribution >= 0.6 is 0 Å². The average Bonchev–Trinajstić information content (AvgIpc) is 3.08. The maximum atomic E-state index is 10.6. The van der Waals surface area contributed by atoms with Gasteiger partial charge < -0.3 is 35.0 Å². The molecule has 1 spiro atoms. The third-order valence-electron chi connectivity index (χ3n) is 5.56. The maximum absolute atomic E-state index is 10.6. The highest BCUT2D eigenvalue weighted by Gasteiger charge is 2.58.